The minimum Gasteiger partial charge on any atom is -0.324 e. The molecule has 1 heterocycles. The molecule has 18 heavy (non-hydrogen) atoms. The van der Waals surface area contributed by atoms with E-state index in [9.17, 15) is 0 Å². The van der Waals surface area contributed by atoms with Crippen LogP contribution in [-0.2, 0) is 6.42 Å². The van der Waals surface area contributed by atoms with Crippen molar-refractivity contribution in [3.63, 3.8) is 0 Å². The van der Waals surface area contributed by atoms with Crippen molar-refractivity contribution in [3.05, 3.63) is 57.6 Å². The van der Waals surface area contributed by atoms with Gasteiger partial charge in [-0.2, -0.15) is 0 Å². The lowest BCUT2D eigenvalue weighted by Gasteiger charge is -2.09. The van der Waals surface area contributed by atoms with Crippen LogP contribution >= 0.6 is 15.9 Å². The quantitative estimate of drug-likeness (QED) is 0.947. The first-order valence-corrected chi connectivity index (χ1v) is 6.68. The highest BCUT2D eigenvalue weighted by Gasteiger charge is 2.07. The first-order valence-electron chi connectivity index (χ1n) is 5.88. The van der Waals surface area contributed by atoms with Gasteiger partial charge in [-0.15, -0.1) is 0 Å². The Morgan fingerprint density at radius 1 is 1.28 bits per heavy atom. The number of rotatable bonds is 3. The van der Waals surface area contributed by atoms with E-state index in [1.165, 1.54) is 5.56 Å². The summed E-state index contributed by atoms with van der Waals surface area (Å²) in [4.78, 5) is 8.88. The second kappa shape index (κ2) is 5.59. The summed E-state index contributed by atoms with van der Waals surface area (Å²) in [6, 6.07) is 8.17. The molecule has 0 bridgehead atoms. The second-order valence-corrected chi connectivity index (χ2v) is 5.33. The van der Waals surface area contributed by atoms with Gasteiger partial charge in [0.25, 0.3) is 0 Å². The lowest BCUT2D eigenvalue weighted by Crippen LogP contribution is -2.10. The molecule has 0 saturated carbocycles. The van der Waals surface area contributed by atoms with Gasteiger partial charge in [0.1, 0.15) is 5.82 Å². The standard InChI is InChI=1S/C14H16BrN3/c1-9(16)13-8-17-14(18-10(13)2)7-11-3-5-12(15)6-4-11/h3-6,8-9H,7,16H2,1-2H3/t9-/m1/s1. The topological polar surface area (TPSA) is 51.8 Å². The molecule has 0 radical (unpaired) electrons. The van der Waals surface area contributed by atoms with Crippen molar-refractivity contribution in [2.75, 3.05) is 0 Å². The smallest absolute Gasteiger partial charge is 0.132 e. The van der Waals surface area contributed by atoms with E-state index in [4.69, 9.17) is 5.73 Å². The monoisotopic (exact) mass is 305 g/mol. The van der Waals surface area contributed by atoms with Crippen molar-refractivity contribution in [2.45, 2.75) is 26.3 Å². The van der Waals surface area contributed by atoms with Gasteiger partial charge in [-0.25, -0.2) is 9.97 Å². The van der Waals surface area contributed by atoms with Crippen LogP contribution < -0.4 is 5.73 Å². The van der Waals surface area contributed by atoms with E-state index >= 15 is 0 Å². The summed E-state index contributed by atoms with van der Waals surface area (Å²) in [6.45, 7) is 3.92. The highest BCUT2D eigenvalue weighted by Crippen LogP contribution is 2.15. The highest BCUT2D eigenvalue weighted by atomic mass is 79.9. The van der Waals surface area contributed by atoms with Gasteiger partial charge < -0.3 is 5.73 Å². The molecule has 2 aromatic rings. The third kappa shape index (κ3) is 3.15. The number of aromatic nitrogens is 2. The van der Waals surface area contributed by atoms with Crippen LogP contribution in [0.15, 0.2) is 34.9 Å². The molecule has 2 rings (SSSR count). The molecule has 1 aromatic carbocycles. The van der Waals surface area contributed by atoms with Gasteiger partial charge in [-0.3, -0.25) is 0 Å². The minimum atomic E-state index is -0.0215. The number of hydrogen-bond acceptors (Lipinski definition) is 3. The molecule has 0 amide bonds. The van der Waals surface area contributed by atoms with Crippen LogP contribution in [0.1, 0.15) is 35.6 Å². The molecule has 2 N–H and O–H groups in total. The molecule has 0 spiro atoms. The first kappa shape index (κ1) is 13.2. The molecule has 0 aliphatic rings. The molecular formula is C14H16BrN3. The number of benzene rings is 1. The molecule has 0 aliphatic heterocycles. The summed E-state index contributed by atoms with van der Waals surface area (Å²) in [7, 11) is 0. The third-order valence-corrected chi connectivity index (χ3v) is 3.36. The van der Waals surface area contributed by atoms with E-state index in [0.29, 0.717) is 0 Å². The van der Waals surface area contributed by atoms with Gasteiger partial charge in [0.05, 0.1) is 0 Å². The van der Waals surface area contributed by atoms with Crippen LogP contribution in [0.4, 0.5) is 0 Å². The molecule has 1 atom stereocenters. The molecule has 0 fully saturated rings. The third-order valence-electron chi connectivity index (χ3n) is 2.83. The van der Waals surface area contributed by atoms with E-state index in [1.54, 1.807) is 0 Å². The Hall–Kier alpha value is -1.26. The fourth-order valence-corrected chi connectivity index (χ4v) is 2.11. The average Bonchev–Trinajstić information content (AvgIpc) is 2.32. The predicted octanol–water partition coefficient (Wildman–Crippen LogP) is 3.16. The summed E-state index contributed by atoms with van der Waals surface area (Å²) >= 11 is 3.42. The minimum absolute atomic E-state index is 0.0215. The summed E-state index contributed by atoms with van der Waals surface area (Å²) in [5.41, 5.74) is 9.02. The van der Waals surface area contributed by atoms with Gasteiger partial charge in [0, 0.05) is 34.4 Å². The fraction of sp³-hybridized carbons (Fsp3) is 0.286. The SMILES string of the molecule is Cc1nc(Cc2ccc(Br)cc2)ncc1[C@@H](C)N. The molecule has 94 valence electrons. The predicted molar refractivity (Wildman–Crippen MR) is 76.3 cm³/mol. The molecule has 0 aliphatic carbocycles. The maximum absolute atomic E-state index is 5.85. The van der Waals surface area contributed by atoms with Gasteiger partial charge >= 0.3 is 0 Å². The maximum Gasteiger partial charge on any atom is 0.132 e. The zero-order valence-electron chi connectivity index (χ0n) is 10.5. The van der Waals surface area contributed by atoms with Gasteiger partial charge in [-0.1, -0.05) is 28.1 Å². The lowest BCUT2D eigenvalue weighted by atomic mass is 10.1. The van der Waals surface area contributed by atoms with Gasteiger partial charge in [-0.05, 0) is 31.5 Å². The summed E-state index contributed by atoms with van der Waals surface area (Å²) in [6.07, 6.45) is 2.58. The van der Waals surface area contributed by atoms with Gasteiger partial charge in [0.15, 0.2) is 0 Å². The molecule has 4 heteroatoms. The van der Waals surface area contributed by atoms with E-state index in [1.807, 2.05) is 32.2 Å². The van der Waals surface area contributed by atoms with E-state index in [-0.39, 0.29) is 6.04 Å². The Balaban J connectivity index is 2.20. The number of halogens is 1. The maximum atomic E-state index is 5.85. The zero-order chi connectivity index (χ0) is 13.1. The Labute approximate surface area is 116 Å². The number of nitrogens with zero attached hydrogens (tertiary/aromatic N) is 2. The Morgan fingerprint density at radius 2 is 1.94 bits per heavy atom. The number of nitrogens with two attached hydrogens (primary N) is 1. The Bertz CT molecular complexity index is 535. The number of hydrogen-bond donors (Lipinski definition) is 1. The van der Waals surface area contributed by atoms with Crippen LogP contribution in [0, 0.1) is 6.92 Å². The Morgan fingerprint density at radius 3 is 2.50 bits per heavy atom. The van der Waals surface area contributed by atoms with Crippen LogP contribution in [0.25, 0.3) is 0 Å². The summed E-state index contributed by atoms with van der Waals surface area (Å²) in [5, 5.41) is 0. The molecule has 1 aromatic heterocycles. The van der Waals surface area contributed by atoms with Crippen molar-refractivity contribution in [3.8, 4) is 0 Å². The summed E-state index contributed by atoms with van der Waals surface area (Å²) < 4.78 is 1.08. The van der Waals surface area contributed by atoms with Gasteiger partial charge in [0.2, 0.25) is 0 Å². The lowest BCUT2D eigenvalue weighted by molar-refractivity contribution is 0.777. The van der Waals surface area contributed by atoms with Crippen molar-refractivity contribution < 1.29 is 0 Å². The van der Waals surface area contributed by atoms with Crippen molar-refractivity contribution in [2.24, 2.45) is 5.73 Å². The van der Waals surface area contributed by atoms with E-state index in [0.717, 1.165) is 28.0 Å². The molecule has 0 saturated heterocycles. The van der Waals surface area contributed by atoms with Crippen LogP contribution in [0.5, 0.6) is 0 Å². The van der Waals surface area contributed by atoms with Crippen LogP contribution in [0.2, 0.25) is 0 Å². The number of aryl methyl sites for hydroxylation is 1. The Kier molecular flexibility index (Phi) is 4.09. The zero-order valence-corrected chi connectivity index (χ0v) is 12.1. The van der Waals surface area contributed by atoms with Crippen molar-refractivity contribution in [1.82, 2.24) is 9.97 Å². The van der Waals surface area contributed by atoms with E-state index < -0.39 is 0 Å². The van der Waals surface area contributed by atoms with Crippen molar-refractivity contribution in [1.29, 1.82) is 0 Å². The largest absolute Gasteiger partial charge is 0.324 e. The molecule has 3 nitrogen and oxygen atoms in total. The molecule has 0 unspecified atom stereocenters. The first-order chi connectivity index (χ1) is 8.56. The highest BCUT2D eigenvalue weighted by molar-refractivity contribution is 9.10. The second-order valence-electron chi connectivity index (χ2n) is 4.42. The van der Waals surface area contributed by atoms with Crippen molar-refractivity contribution >= 4 is 15.9 Å². The van der Waals surface area contributed by atoms with Crippen LogP contribution in [-0.4, -0.2) is 9.97 Å². The summed E-state index contributed by atoms with van der Waals surface area (Å²) in [5.74, 6) is 0.833. The fourth-order valence-electron chi connectivity index (χ4n) is 1.84. The van der Waals surface area contributed by atoms with E-state index in [2.05, 4.69) is 38.0 Å². The normalized spacial score (nSPS) is 12.4. The van der Waals surface area contributed by atoms with Crippen LogP contribution in [0.3, 0.4) is 0 Å². The average molecular weight is 306 g/mol. The molecular weight excluding hydrogens is 290 g/mol.